The first-order chi connectivity index (χ1) is 27.3. The standard InChI is InChI=1S/C44H52N2O12/c1-21-14-13-15-22(2)43(54)46-34-29(20-45-28-16-11-10-12-17-28)38(51)31-32(39(34)52)37(50)26(6)41-33(31)42(53)44(8,58-41)56-19-18-30(55-9)23(3)40(57-27(7)47)25(5)36(49)24(4)35(21)48/h10-21,23-25,30,35-36,40,48-52H,1-9H3,(H,46,54)/b14-13+,19-18+,22-15-,45-20?/t21-,23+,24+,25+,30-,35-,36+,40+,44-/m0/s1. The highest BCUT2D eigenvalue weighted by Crippen LogP contribution is 2.55. The summed E-state index contributed by atoms with van der Waals surface area (Å²) < 4.78 is 23.5. The molecule has 6 N–H and O–H groups in total. The predicted molar refractivity (Wildman–Crippen MR) is 218 cm³/mol. The topological polar surface area (TPSA) is 214 Å². The van der Waals surface area contributed by atoms with Gasteiger partial charge in [0.15, 0.2) is 5.75 Å². The number of methoxy groups -OCH3 is 1. The number of amides is 1. The van der Waals surface area contributed by atoms with Crippen molar-refractivity contribution in [2.75, 3.05) is 12.4 Å². The van der Waals surface area contributed by atoms with E-state index in [1.807, 2.05) is 0 Å². The van der Waals surface area contributed by atoms with Crippen molar-refractivity contribution in [3.8, 4) is 23.0 Å². The number of aromatic hydroxyl groups is 3. The Kier molecular flexibility index (Phi) is 13.0. The number of fused-ring (bicyclic) bond motifs is 14. The van der Waals surface area contributed by atoms with Gasteiger partial charge < -0.3 is 49.8 Å². The van der Waals surface area contributed by atoms with E-state index in [0.717, 1.165) is 0 Å². The van der Waals surface area contributed by atoms with Crippen molar-refractivity contribution >= 4 is 46.0 Å². The van der Waals surface area contributed by atoms with E-state index in [4.69, 9.17) is 18.9 Å². The second-order valence-corrected chi connectivity index (χ2v) is 15.2. The highest BCUT2D eigenvalue weighted by atomic mass is 16.7. The predicted octanol–water partition coefficient (Wildman–Crippen LogP) is 6.50. The number of aliphatic hydroxyl groups is 2. The zero-order chi connectivity index (χ0) is 42.8. The first-order valence-electron chi connectivity index (χ1n) is 19.0. The highest BCUT2D eigenvalue weighted by Gasteiger charge is 2.50. The average molecular weight is 801 g/mol. The van der Waals surface area contributed by atoms with Crippen LogP contribution in [0, 0.1) is 30.6 Å². The Labute approximate surface area is 337 Å². The number of ketones is 1. The third kappa shape index (κ3) is 8.31. The van der Waals surface area contributed by atoms with Gasteiger partial charge in [-0.05, 0) is 32.1 Å². The Hall–Kier alpha value is -5.70. The van der Waals surface area contributed by atoms with Crippen LogP contribution in [0.15, 0.2) is 71.5 Å². The lowest BCUT2D eigenvalue weighted by molar-refractivity contribution is -0.160. The molecular weight excluding hydrogens is 748 g/mol. The maximum Gasteiger partial charge on any atom is 0.312 e. The van der Waals surface area contributed by atoms with Crippen molar-refractivity contribution in [2.45, 2.75) is 85.6 Å². The molecule has 310 valence electrons. The summed E-state index contributed by atoms with van der Waals surface area (Å²) in [6.07, 6.45) is 4.72. The lowest BCUT2D eigenvalue weighted by Crippen LogP contribution is -2.46. The quantitative estimate of drug-likeness (QED) is 0.0722. The van der Waals surface area contributed by atoms with E-state index < -0.39 is 88.8 Å². The molecule has 3 aromatic carbocycles. The molecule has 14 heteroatoms. The third-order valence-electron chi connectivity index (χ3n) is 11.1. The van der Waals surface area contributed by atoms with Crippen LogP contribution in [0.5, 0.6) is 23.0 Å². The van der Waals surface area contributed by atoms with Crippen LogP contribution in [-0.4, -0.2) is 86.7 Å². The number of benzene rings is 3. The molecular formula is C44H52N2O12. The number of nitrogens with one attached hydrogen (secondary N) is 1. The summed E-state index contributed by atoms with van der Waals surface area (Å²) in [5, 5.41) is 60.3. The fourth-order valence-corrected chi connectivity index (χ4v) is 7.53. The van der Waals surface area contributed by atoms with Crippen LogP contribution in [0.4, 0.5) is 11.4 Å². The number of phenolic OH excluding ortho intramolecular Hbond substituents is 3. The van der Waals surface area contributed by atoms with Gasteiger partial charge in [0.25, 0.3) is 11.7 Å². The SMILES string of the molecule is CO[C@H]1/C=C/O[C@@]2(C)Oc3c(C)c(O)c4c(O)c(c(C=Nc5ccccc5)c(O)c4c3C2=O)NC(=O)/C(C)=C\C=C\[C@H](C)[C@H](O)[C@@H](C)[C@@H](O)[C@@H](C)[C@H](OC(C)=O)[C@@H]1C. The van der Waals surface area contributed by atoms with E-state index in [1.165, 1.54) is 59.4 Å². The average Bonchev–Trinajstić information content (AvgIpc) is 3.46. The zero-order valence-electron chi connectivity index (χ0n) is 34.0. The van der Waals surface area contributed by atoms with Gasteiger partial charge in [0, 0.05) is 67.4 Å². The minimum absolute atomic E-state index is 0.0438. The highest BCUT2D eigenvalue weighted by molar-refractivity contribution is 6.24. The molecule has 3 aromatic rings. The number of hydrogen-bond acceptors (Lipinski definition) is 13. The molecule has 3 aliphatic rings. The molecule has 9 atom stereocenters. The number of rotatable bonds is 4. The number of para-hydroxylation sites is 1. The number of carbonyl (C=O) groups is 3. The molecule has 58 heavy (non-hydrogen) atoms. The number of aliphatic hydroxyl groups excluding tert-OH is 2. The second-order valence-electron chi connectivity index (χ2n) is 15.2. The summed E-state index contributed by atoms with van der Waals surface area (Å²) in [6, 6.07) is 8.67. The van der Waals surface area contributed by atoms with Crippen LogP contribution >= 0.6 is 0 Å². The Morgan fingerprint density at radius 2 is 1.59 bits per heavy atom. The van der Waals surface area contributed by atoms with Crippen molar-refractivity contribution in [2.24, 2.45) is 28.7 Å². The summed E-state index contributed by atoms with van der Waals surface area (Å²) >= 11 is 0. The molecule has 0 unspecified atom stereocenters. The molecule has 0 saturated carbocycles. The van der Waals surface area contributed by atoms with Gasteiger partial charge in [-0.1, -0.05) is 64.1 Å². The normalized spacial score (nSPS) is 30.4. The smallest absolute Gasteiger partial charge is 0.312 e. The molecule has 14 nitrogen and oxygen atoms in total. The number of nitrogens with zero attached hydrogens (tertiary/aromatic N) is 1. The largest absolute Gasteiger partial charge is 0.507 e. The molecule has 0 spiro atoms. The monoisotopic (exact) mass is 800 g/mol. The lowest BCUT2D eigenvalue weighted by atomic mass is 9.78. The van der Waals surface area contributed by atoms with Crippen LogP contribution < -0.4 is 10.1 Å². The Bertz CT molecular complexity index is 2200. The molecule has 1 amide bonds. The van der Waals surface area contributed by atoms with Gasteiger partial charge in [-0.15, -0.1) is 0 Å². The first-order valence-corrected chi connectivity index (χ1v) is 19.0. The summed E-state index contributed by atoms with van der Waals surface area (Å²) in [5.41, 5.74) is 0.00359. The summed E-state index contributed by atoms with van der Waals surface area (Å²) in [4.78, 5) is 44.8. The van der Waals surface area contributed by atoms with Gasteiger partial charge in [-0.3, -0.25) is 19.4 Å². The number of anilines is 1. The lowest BCUT2D eigenvalue weighted by Gasteiger charge is -2.38. The number of allylic oxidation sites excluding steroid dienone is 2. The second kappa shape index (κ2) is 17.4. The molecule has 5 bridgehead atoms. The number of carbonyl (C=O) groups excluding carboxylic acids is 3. The minimum atomic E-state index is -2.05. The number of Topliss-reactive ketones (excluding diaryl/α,β-unsaturated/α-hetero) is 1. The van der Waals surface area contributed by atoms with E-state index >= 15 is 0 Å². The van der Waals surface area contributed by atoms with Gasteiger partial charge in [0.2, 0.25) is 0 Å². The van der Waals surface area contributed by atoms with E-state index in [0.29, 0.717) is 5.69 Å². The van der Waals surface area contributed by atoms with Crippen molar-refractivity contribution in [1.82, 2.24) is 0 Å². The molecule has 3 heterocycles. The van der Waals surface area contributed by atoms with Gasteiger partial charge in [-0.25, -0.2) is 0 Å². The summed E-state index contributed by atoms with van der Waals surface area (Å²) in [5.74, 6) is -8.49. The fourth-order valence-electron chi connectivity index (χ4n) is 7.53. The van der Waals surface area contributed by atoms with Crippen molar-refractivity contribution in [1.29, 1.82) is 0 Å². The third-order valence-corrected chi connectivity index (χ3v) is 11.1. The van der Waals surface area contributed by atoms with Gasteiger partial charge in [0.05, 0.1) is 52.5 Å². The number of aliphatic imine (C=N–C) groups is 1. The number of phenols is 3. The van der Waals surface area contributed by atoms with Crippen molar-refractivity contribution < 1.29 is 58.9 Å². The van der Waals surface area contributed by atoms with Crippen LogP contribution in [0.3, 0.4) is 0 Å². The zero-order valence-corrected chi connectivity index (χ0v) is 34.0. The molecule has 0 radical (unpaired) electrons. The molecule has 0 aliphatic carbocycles. The van der Waals surface area contributed by atoms with E-state index in [2.05, 4.69) is 10.3 Å². The first kappa shape index (κ1) is 43.4. The maximum absolute atomic E-state index is 14.4. The maximum atomic E-state index is 14.4. The van der Waals surface area contributed by atoms with Gasteiger partial charge in [0.1, 0.15) is 23.4 Å². The summed E-state index contributed by atoms with van der Waals surface area (Å²) in [6.45, 7) is 12.5. The minimum Gasteiger partial charge on any atom is -0.507 e. The van der Waals surface area contributed by atoms with E-state index in [9.17, 15) is 39.9 Å². The van der Waals surface area contributed by atoms with Crippen LogP contribution in [-0.2, 0) is 23.8 Å². The molecule has 3 aliphatic heterocycles. The molecule has 0 fully saturated rings. The van der Waals surface area contributed by atoms with Crippen LogP contribution in [0.2, 0.25) is 0 Å². The van der Waals surface area contributed by atoms with Gasteiger partial charge in [-0.2, -0.15) is 0 Å². The number of ether oxygens (including phenoxy) is 4. The van der Waals surface area contributed by atoms with Crippen molar-refractivity contribution in [3.05, 3.63) is 83.2 Å². The Balaban J connectivity index is 1.73. The van der Waals surface area contributed by atoms with E-state index in [-0.39, 0.29) is 44.5 Å². The molecule has 6 rings (SSSR count). The number of esters is 1. The fraction of sp³-hybridized carbons (Fsp3) is 0.409. The number of hydrogen-bond donors (Lipinski definition) is 6. The summed E-state index contributed by atoms with van der Waals surface area (Å²) in [7, 11) is 1.43. The Morgan fingerprint density at radius 1 is 0.914 bits per heavy atom. The Morgan fingerprint density at radius 3 is 2.22 bits per heavy atom. The molecule has 0 aromatic heterocycles. The molecule has 0 saturated heterocycles. The van der Waals surface area contributed by atoms with Crippen molar-refractivity contribution in [3.63, 3.8) is 0 Å². The van der Waals surface area contributed by atoms with Gasteiger partial charge >= 0.3 is 11.8 Å². The van der Waals surface area contributed by atoms with Crippen LogP contribution in [0.25, 0.3) is 10.8 Å². The van der Waals surface area contributed by atoms with Crippen LogP contribution in [0.1, 0.15) is 70.0 Å². The van der Waals surface area contributed by atoms with E-state index in [1.54, 1.807) is 70.2 Å².